The van der Waals surface area contributed by atoms with E-state index in [4.69, 9.17) is 17.3 Å². The highest BCUT2D eigenvalue weighted by atomic mass is 79.9. The van der Waals surface area contributed by atoms with E-state index in [-0.39, 0.29) is 0 Å². The minimum Gasteiger partial charge on any atom is -0.399 e. The Bertz CT molecular complexity index is 522. The Morgan fingerprint density at radius 3 is 2.81 bits per heavy atom. The molecule has 0 unspecified atom stereocenters. The fourth-order valence-electron chi connectivity index (χ4n) is 1.44. The smallest absolute Gasteiger partial charge is 0.0815 e. The summed E-state index contributed by atoms with van der Waals surface area (Å²) in [5.74, 6) is 0. The molecule has 0 bridgehead atoms. The van der Waals surface area contributed by atoms with Crippen LogP contribution in [-0.2, 0) is 6.54 Å². The van der Waals surface area contributed by atoms with Gasteiger partial charge < -0.3 is 5.73 Å². The van der Waals surface area contributed by atoms with Crippen molar-refractivity contribution in [1.82, 2.24) is 9.78 Å². The molecule has 0 radical (unpaired) electrons. The van der Waals surface area contributed by atoms with E-state index in [9.17, 15) is 0 Å². The van der Waals surface area contributed by atoms with Gasteiger partial charge in [-0.1, -0.05) is 33.6 Å². The first-order valence-electron chi connectivity index (χ1n) is 4.79. The van der Waals surface area contributed by atoms with Gasteiger partial charge in [-0.25, -0.2) is 0 Å². The maximum Gasteiger partial charge on any atom is 0.0815 e. The van der Waals surface area contributed by atoms with Crippen molar-refractivity contribution in [3.8, 4) is 0 Å². The molecule has 0 atom stereocenters. The lowest BCUT2D eigenvalue weighted by atomic mass is 10.2. The Labute approximate surface area is 107 Å². The standard InChI is InChI=1S/C11H11BrClN3/c1-7-11(13)5-15-16(7)6-8-2-3-9(14)4-10(8)12/h2-5H,6,14H2,1H3. The summed E-state index contributed by atoms with van der Waals surface area (Å²) < 4.78 is 2.84. The van der Waals surface area contributed by atoms with Crippen LogP contribution in [0.1, 0.15) is 11.3 Å². The van der Waals surface area contributed by atoms with E-state index in [1.165, 1.54) is 0 Å². The van der Waals surface area contributed by atoms with Gasteiger partial charge in [0.25, 0.3) is 0 Å². The van der Waals surface area contributed by atoms with Crippen molar-refractivity contribution in [2.45, 2.75) is 13.5 Å². The average Bonchev–Trinajstić information content (AvgIpc) is 2.54. The van der Waals surface area contributed by atoms with E-state index < -0.39 is 0 Å². The second-order valence-corrected chi connectivity index (χ2v) is 4.85. The Morgan fingerprint density at radius 2 is 2.25 bits per heavy atom. The van der Waals surface area contributed by atoms with Crippen LogP contribution in [0, 0.1) is 6.92 Å². The Hall–Kier alpha value is -1.00. The monoisotopic (exact) mass is 299 g/mol. The second-order valence-electron chi connectivity index (χ2n) is 3.59. The van der Waals surface area contributed by atoms with Crippen LogP contribution in [0.4, 0.5) is 5.69 Å². The number of anilines is 1. The summed E-state index contributed by atoms with van der Waals surface area (Å²) >= 11 is 9.43. The van der Waals surface area contributed by atoms with Gasteiger partial charge in [0.05, 0.1) is 23.5 Å². The van der Waals surface area contributed by atoms with Gasteiger partial charge >= 0.3 is 0 Å². The first-order valence-corrected chi connectivity index (χ1v) is 5.97. The molecule has 16 heavy (non-hydrogen) atoms. The molecule has 2 rings (SSSR count). The van der Waals surface area contributed by atoms with Crippen LogP contribution < -0.4 is 5.73 Å². The van der Waals surface area contributed by atoms with Crippen LogP contribution in [0.3, 0.4) is 0 Å². The summed E-state index contributed by atoms with van der Waals surface area (Å²) in [6.45, 7) is 2.62. The number of halogens is 2. The number of nitrogen functional groups attached to an aromatic ring is 1. The van der Waals surface area contributed by atoms with Crippen molar-refractivity contribution in [2.24, 2.45) is 0 Å². The zero-order valence-corrected chi connectivity index (χ0v) is 11.1. The molecule has 2 N–H and O–H groups in total. The van der Waals surface area contributed by atoms with Gasteiger partial charge in [0.1, 0.15) is 0 Å². The van der Waals surface area contributed by atoms with E-state index in [0.717, 1.165) is 21.4 Å². The summed E-state index contributed by atoms with van der Waals surface area (Å²) in [7, 11) is 0. The van der Waals surface area contributed by atoms with Crippen molar-refractivity contribution in [1.29, 1.82) is 0 Å². The van der Waals surface area contributed by atoms with Crippen molar-refractivity contribution < 1.29 is 0 Å². The molecule has 0 aliphatic heterocycles. The van der Waals surface area contributed by atoms with Crippen molar-refractivity contribution in [3.05, 3.63) is 45.1 Å². The molecule has 3 nitrogen and oxygen atoms in total. The summed E-state index contributed by atoms with van der Waals surface area (Å²) in [6, 6.07) is 5.74. The first-order chi connectivity index (χ1) is 7.58. The molecule has 0 aliphatic carbocycles. The van der Waals surface area contributed by atoms with Crippen molar-refractivity contribution in [2.75, 3.05) is 5.73 Å². The van der Waals surface area contributed by atoms with Gasteiger partial charge in [0.15, 0.2) is 0 Å². The van der Waals surface area contributed by atoms with Crippen LogP contribution in [0.2, 0.25) is 5.02 Å². The number of rotatable bonds is 2. The first kappa shape index (κ1) is 11.5. The fraction of sp³-hybridized carbons (Fsp3) is 0.182. The number of benzene rings is 1. The SMILES string of the molecule is Cc1c(Cl)cnn1Cc1ccc(N)cc1Br. The molecule has 0 aliphatic rings. The average molecular weight is 301 g/mol. The van der Waals surface area contributed by atoms with Gasteiger partial charge in [-0.2, -0.15) is 5.10 Å². The lowest BCUT2D eigenvalue weighted by Crippen LogP contribution is -2.04. The minimum atomic E-state index is 0.680. The number of hydrogen-bond acceptors (Lipinski definition) is 2. The van der Waals surface area contributed by atoms with Crippen LogP contribution in [0.5, 0.6) is 0 Å². The molecular formula is C11H11BrClN3. The number of hydrogen-bond donors (Lipinski definition) is 1. The summed E-state index contributed by atoms with van der Waals surface area (Å²) in [5.41, 5.74) is 8.51. The van der Waals surface area contributed by atoms with Crippen molar-refractivity contribution >= 4 is 33.2 Å². The molecule has 5 heteroatoms. The third-order valence-electron chi connectivity index (χ3n) is 2.44. The van der Waals surface area contributed by atoms with Crippen LogP contribution in [-0.4, -0.2) is 9.78 Å². The predicted molar refractivity (Wildman–Crippen MR) is 69.6 cm³/mol. The largest absolute Gasteiger partial charge is 0.399 e. The third-order valence-corrected chi connectivity index (χ3v) is 3.55. The van der Waals surface area contributed by atoms with Gasteiger partial charge in [-0.3, -0.25) is 4.68 Å². The van der Waals surface area contributed by atoms with E-state index in [1.807, 2.05) is 29.8 Å². The highest BCUT2D eigenvalue weighted by Crippen LogP contribution is 2.22. The predicted octanol–water partition coefficient (Wildman–Crippen LogP) is 3.24. The highest BCUT2D eigenvalue weighted by molar-refractivity contribution is 9.10. The quantitative estimate of drug-likeness (QED) is 0.865. The van der Waals surface area contributed by atoms with Crippen LogP contribution in [0.15, 0.2) is 28.9 Å². The normalized spacial score (nSPS) is 10.7. The van der Waals surface area contributed by atoms with Gasteiger partial charge in [0, 0.05) is 10.2 Å². The molecular weight excluding hydrogens is 289 g/mol. The topological polar surface area (TPSA) is 43.8 Å². The van der Waals surface area contributed by atoms with Gasteiger partial charge in [0.2, 0.25) is 0 Å². The lowest BCUT2D eigenvalue weighted by molar-refractivity contribution is 0.663. The molecule has 1 heterocycles. The highest BCUT2D eigenvalue weighted by Gasteiger charge is 2.06. The molecule has 0 amide bonds. The molecule has 0 saturated carbocycles. The number of nitrogens with two attached hydrogens (primary N) is 1. The van der Waals surface area contributed by atoms with E-state index in [1.54, 1.807) is 6.20 Å². The van der Waals surface area contributed by atoms with Crippen LogP contribution >= 0.6 is 27.5 Å². The second kappa shape index (κ2) is 4.47. The maximum absolute atomic E-state index is 5.95. The Balaban J connectivity index is 2.30. The third kappa shape index (κ3) is 2.23. The summed E-state index contributed by atoms with van der Waals surface area (Å²) in [6.07, 6.45) is 1.65. The van der Waals surface area contributed by atoms with Gasteiger partial charge in [-0.05, 0) is 24.6 Å². The molecule has 1 aromatic carbocycles. The number of aromatic nitrogens is 2. The zero-order chi connectivity index (χ0) is 11.7. The van der Waals surface area contributed by atoms with E-state index in [2.05, 4.69) is 21.0 Å². The van der Waals surface area contributed by atoms with E-state index in [0.29, 0.717) is 11.6 Å². The summed E-state index contributed by atoms with van der Waals surface area (Å²) in [5, 5.41) is 4.89. The number of nitrogens with zero attached hydrogens (tertiary/aromatic N) is 2. The molecule has 84 valence electrons. The Morgan fingerprint density at radius 1 is 1.50 bits per heavy atom. The molecule has 0 spiro atoms. The molecule has 0 saturated heterocycles. The molecule has 2 aromatic rings. The van der Waals surface area contributed by atoms with Crippen molar-refractivity contribution in [3.63, 3.8) is 0 Å². The zero-order valence-electron chi connectivity index (χ0n) is 8.74. The fourth-order valence-corrected chi connectivity index (χ4v) is 2.10. The summed E-state index contributed by atoms with van der Waals surface area (Å²) in [4.78, 5) is 0. The Kier molecular flexibility index (Phi) is 3.21. The molecule has 1 aromatic heterocycles. The van der Waals surface area contributed by atoms with Gasteiger partial charge in [-0.15, -0.1) is 0 Å². The molecule has 0 fully saturated rings. The van der Waals surface area contributed by atoms with E-state index >= 15 is 0 Å². The minimum absolute atomic E-state index is 0.680. The van der Waals surface area contributed by atoms with Crippen LogP contribution in [0.25, 0.3) is 0 Å². The maximum atomic E-state index is 5.95. The lowest BCUT2D eigenvalue weighted by Gasteiger charge is -2.07.